The van der Waals surface area contributed by atoms with Gasteiger partial charge in [0.25, 0.3) is 0 Å². The van der Waals surface area contributed by atoms with Crippen molar-refractivity contribution in [2.75, 3.05) is 12.3 Å². The van der Waals surface area contributed by atoms with Crippen LogP contribution in [0.5, 0.6) is 0 Å². The lowest BCUT2D eigenvalue weighted by Crippen LogP contribution is -2.27. The lowest BCUT2D eigenvalue weighted by atomic mass is 10.1. The van der Waals surface area contributed by atoms with Gasteiger partial charge >= 0.3 is 0 Å². The summed E-state index contributed by atoms with van der Waals surface area (Å²) in [5.41, 5.74) is 6.57. The number of fused-ring (bicyclic) bond motifs is 1. The summed E-state index contributed by atoms with van der Waals surface area (Å²) in [6.07, 6.45) is 0.454. The summed E-state index contributed by atoms with van der Waals surface area (Å²) < 4.78 is 15.4. The highest BCUT2D eigenvalue weighted by molar-refractivity contribution is 5.81. The van der Waals surface area contributed by atoms with E-state index >= 15 is 0 Å². The van der Waals surface area contributed by atoms with E-state index in [9.17, 15) is 9.50 Å². The van der Waals surface area contributed by atoms with Crippen molar-refractivity contribution in [2.45, 2.75) is 24.7 Å². The fourth-order valence-electron chi connectivity index (χ4n) is 2.64. The Labute approximate surface area is 107 Å². The maximum Gasteiger partial charge on any atom is 0.165 e. The van der Waals surface area contributed by atoms with Crippen molar-refractivity contribution in [2.24, 2.45) is 5.92 Å². The maximum absolute atomic E-state index is 13.8. The van der Waals surface area contributed by atoms with Crippen LogP contribution < -0.4 is 5.73 Å². The monoisotopic (exact) mass is 267 g/mol. The molecule has 0 bridgehead atoms. The van der Waals surface area contributed by atoms with Crippen molar-refractivity contribution in [3.05, 3.63) is 12.7 Å². The average Bonchev–Trinajstić information content (AvgIpc) is 2.94. The Morgan fingerprint density at radius 1 is 1.42 bits per heavy atom. The number of hydrogen-bond donors (Lipinski definition) is 3. The van der Waals surface area contributed by atoms with Gasteiger partial charge in [0.2, 0.25) is 0 Å². The molecule has 7 nitrogen and oxygen atoms in total. The van der Waals surface area contributed by atoms with E-state index < -0.39 is 24.2 Å². The first-order valence-corrected chi connectivity index (χ1v) is 5.99. The zero-order valence-electron chi connectivity index (χ0n) is 10.0. The number of alkyl halides is 1. The van der Waals surface area contributed by atoms with E-state index in [0.717, 1.165) is 0 Å². The summed E-state index contributed by atoms with van der Waals surface area (Å²) in [6.45, 7) is -0.293. The summed E-state index contributed by atoms with van der Waals surface area (Å²) in [4.78, 5) is 12.0. The molecule has 0 spiro atoms. The smallest absolute Gasteiger partial charge is 0.165 e. The van der Waals surface area contributed by atoms with E-state index in [4.69, 9.17) is 10.8 Å². The van der Waals surface area contributed by atoms with Gasteiger partial charge in [0.1, 0.15) is 24.1 Å². The fourth-order valence-corrected chi connectivity index (χ4v) is 2.64. The molecular formula is C11H14FN5O2. The predicted octanol–water partition coefficient (Wildman–Crippen LogP) is -0.339. The molecule has 0 aromatic carbocycles. The summed E-state index contributed by atoms with van der Waals surface area (Å²) in [5, 5.41) is 19.1. The number of hydrogen-bond acceptors (Lipinski definition) is 6. The molecule has 0 radical (unpaired) electrons. The van der Waals surface area contributed by atoms with Crippen LogP contribution in [0.2, 0.25) is 0 Å². The SMILES string of the molecule is Nc1ncnc2c1ncn2C1C[C@H](CO)[C@@H](F)[C@H]1O. The summed E-state index contributed by atoms with van der Waals surface area (Å²) in [5.74, 6) is -0.330. The molecule has 1 unspecified atom stereocenters. The highest BCUT2D eigenvalue weighted by Crippen LogP contribution is 2.38. The predicted molar refractivity (Wildman–Crippen MR) is 64.9 cm³/mol. The topological polar surface area (TPSA) is 110 Å². The van der Waals surface area contributed by atoms with Crippen LogP contribution in [0.15, 0.2) is 12.7 Å². The van der Waals surface area contributed by atoms with Crippen LogP contribution in [0.3, 0.4) is 0 Å². The Hall–Kier alpha value is -1.80. The van der Waals surface area contributed by atoms with E-state index in [1.165, 1.54) is 12.7 Å². The zero-order valence-corrected chi connectivity index (χ0v) is 10.0. The quantitative estimate of drug-likeness (QED) is 0.686. The van der Waals surface area contributed by atoms with Crippen LogP contribution in [-0.4, -0.2) is 48.6 Å². The third-order valence-electron chi connectivity index (χ3n) is 3.69. The summed E-state index contributed by atoms with van der Waals surface area (Å²) >= 11 is 0. The van der Waals surface area contributed by atoms with Crippen LogP contribution in [0.4, 0.5) is 10.2 Å². The number of anilines is 1. The highest BCUT2D eigenvalue weighted by Gasteiger charge is 2.44. The molecule has 0 saturated heterocycles. The van der Waals surface area contributed by atoms with Crippen LogP contribution in [0.25, 0.3) is 11.2 Å². The van der Waals surface area contributed by atoms with Crippen molar-refractivity contribution < 1.29 is 14.6 Å². The molecule has 4 atom stereocenters. The fraction of sp³-hybridized carbons (Fsp3) is 0.545. The van der Waals surface area contributed by atoms with Crippen molar-refractivity contribution in [1.82, 2.24) is 19.5 Å². The number of nitrogen functional groups attached to an aromatic ring is 1. The van der Waals surface area contributed by atoms with Crippen molar-refractivity contribution >= 4 is 17.0 Å². The molecule has 1 saturated carbocycles. The first-order valence-electron chi connectivity index (χ1n) is 5.99. The molecule has 102 valence electrons. The second-order valence-corrected chi connectivity index (χ2v) is 4.76. The van der Waals surface area contributed by atoms with Crippen molar-refractivity contribution in [1.29, 1.82) is 0 Å². The Kier molecular flexibility index (Phi) is 2.83. The Morgan fingerprint density at radius 3 is 2.89 bits per heavy atom. The van der Waals surface area contributed by atoms with Gasteiger partial charge in [-0.05, 0) is 6.42 Å². The maximum atomic E-state index is 13.8. The lowest BCUT2D eigenvalue weighted by Gasteiger charge is -2.17. The van der Waals surface area contributed by atoms with Crippen molar-refractivity contribution in [3.8, 4) is 0 Å². The molecule has 1 aliphatic rings. The van der Waals surface area contributed by atoms with E-state index in [1.54, 1.807) is 4.57 Å². The molecule has 0 amide bonds. The van der Waals surface area contributed by atoms with Gasteiger partial charge in [-0.2, -0.15) is 0 Å². The number of halogens is 1. The minimum Gasteiger partial charge on any atom is -0.396 e. The average molecular weight is 267 g/mol. The Bertz CT molecular complexity index is 604. The second-order valence-electron chi connectivity index (χ2n) is 4.76. The number of nitrogens with zero attached hydrogens (tertiary/aromatic N) is 4. The highest BCUT2D eigenvalue weighted by atomic mass is 19.1. The Morgan fingerprint density at radius 2 is 2.21 bits per heavy atom. The second kappa shape index (κ2) is 4.39. The first-order chi connectivity index (χ1) is 9.13. The molecule has 8 heteroatoms. The minimum atomic E-state index is -1.45. The molecule has 4 N–H and O–H groups in total. The summed E-state index contributed by atoms with van der Waals surface area (Å²) in [7, 11) is 0. The molecule has 19 heavy (non-hydrogen) atoms. The third-order valence-corrected chi connectivity index (χ3v) is 3.69. The molecule has 2 heterocycles. The molecule has 2 aromatic heterocycles. The van der Waals surface area contributed by atoms with E-state index in [-0.39, 0.29) is 12.4 Å². The van der Waals surface area contributed by atoms with Gasteiger partial charge in [-0.15, -0.1) is 0 Å². The molecular weight excluding hydrogens is 253 g/mol. The number of rotatable bonds is 2. The van der Waals surface area contributed by atoms with E-state index in [0.29, 0.717) is 17.6 Å². The van der Waals surface area contributed by atoms with Crippen LogP contribution in [0.1, 0.15) is 12.5 Å². The number of aromatic nitrogens is 4. The van der Waals surface area contributed by atoms with Gasteiger partial charge < -0.3 is 20.5 Å². The zero-order chi connectivity index (χ0) is 13.6. The number of aliphatic hydroxyl groups is 2. The number of aliphatic hydroxyl groups excluding tert-OH is 2. The summed E-state index contributed by atoms with van der Waals surface area (Å²) in [6, 6.07) is -0.508. The van der Waals surface area contributed by atoms with E-state index in [2.05, 4.69) is 15.0 Å². The number of nitrogens with two attached hydrogens (primary N) is 1. The van der Waals surface area contributed by atoms with Gasteiger partial charge in [-0.1, -0.05) is 0 Å². The molecule has 1 aliphatic carbocycles. The van der Waals surface area contributed by atoms with Gasteiger partial charge in [-0.3, -0.25) is 0 Å². The minimum absolute atomic E-state index is 0.242. The molecule has 2 aromatic rings. The molecule has 3 rings (SSSR count). The van der Waals surface area contributed by atoms with Crippen LogP contribution in [0, 0.1) is 5.92 Å². The largest absolute Gasteiger partial charge is 0.396 e. The molecule has 1 fully saturated rings. The molecule has 0 aliphatic heterocycles. The van der Waals surface area contributed by atoms with Crippen molar-refractivity contribution in [3.63, 3.8) is 0 Å². The number of imidazole rings is 1. The Balaban J connectivity index is 2.04. The van der Waals surface area contributed by atoms with Gasteiger partial charge in [0.15, 0.2) is 11.5 Å². The normalized spacial score (nSPS) is 31.1. The van der Waals surface area contributed by atoms with Gasteiger partial charge in [0, 0.05) is 12.5 Å². The lowest BCUT2D eigenvalue weighted by molar-refractivity contribution is 0.0509. The van der Waals surface area contributed by atoms with Gasteiger partial charge in [-0.25, -0.2) is 19.3 Å². The third kappa shape index (κ3) is 1.75. The van der Waals surface area contributed by atoms with Crippen LogP contribution >= 0.6 is 0 Å². The van der Waals surface area contributed by atoms with E-state index in [1.807, 2.05) is 0 Å². The van der Waals surface area contributed by atoms with Gasteiger partial charge in [0.05, 0.1) is 12.4 Å². The first kappa shape index (κ1) is 12.2. The van der Waals surface area contributed by atoms with Crippen LogP contribution in [-0.2, 0) is 0 Å². The standard InChI is InChI=1S/C11H14FN5O2/c12-7-5(2-18)1-6(9(7)19)17-4-16-8-10(13)14-3-15-11(8)17/h3-7,9,18-19H,1-2H2,(H2,13,14,15)/t5-,6?,7-,9+/m1/s1.